The van der Waals surface area contributed by atoms with Gasteiger partial charge in [0.25, 0.3) is 11.8 Å². The Kier molecular flexibility index (Phi) is 9.43. The zero-order chi connectivity index (χ0) is 31.2. The first kappa shape index (κ1) is 30.4. The van der Waals surface area contributed by atoms with Crippen LogP contribution in [-0.2, 0) is 11.3 Å². The maximum atomic E-state index is 14.1. The molecule has 6 rings (SSSR count). The second kappa shape index (κ2) is 14.0. The number of piperazine rings is 1. The van der Waals surface area contributed by atoms with Gasteiger partial charge in [0, 0.05) is 43.3 Å². The lowest BCUT2D eigenvalue weighted by molar-refractivity contribution is -0.117. The summed E-state index contributed by atoms with van der Waals surface area (Å²) in [5.74, 6) is 0.220. The largest absolute Gasteiger partial charge is 0.449 e. The van der Waals surface area contributed by atoms with Crippen molar-refractivity contribution in [2.45, 2.75) is 13.0 Å². The first-order valence-electron chi connectivity index (χ1n) is 15.1. The van der Waals surface area contributed by atoms with Gasteiger partial charge in [0.2, 0.25) is 0 Å². The van der Waals surface area contributed by atoms with Crippen LogP contribution in [0.5, 0.6) is 5.75 Å². The summed E-state index contributed by atoms with van der Waals surface area (Å²) in [5.41, 5.74) is 3.59. The van der Waals surface area contributed by atoms with Crippen LogP contribution in [0.3, 0.4) is 0 Å². The minimum Gasteiger partial charge on any atom is -0.449 e. The Morgan fingerprint density at radius 1 is 0.867 bits per heavy atom. The van der Waals surface area contributed by atoms with Crippen LogP contribution in [0, 0.1) is 5.82 Å². The number of hydrogen-bond donors (Lipinski definition) is 1. The molecule has 230 valence electrons. The van der Waals surface area contributed by atoms with E-state index < -0.39 is 0 Å². The Morgan fingerprint density at radius 3 is 2.29 bits per heavy atom. The van der Waals surface area contributed by atoms with E-state index in [4.69, 9.17) is 16.3 Å². The van der Waals surface area contributed by atoms with E-state index in [9.17, 15) is 14.0 Å². The standard InChI is InChI=1S/C36H34ClFN4O3/c37-29-16-12-27(13-17-29)25-42-32-8-3-4-9-33(32)45-34(36(42)44)24-26-10-14-28(15-11-26)35(43)39-18-5-19-40-20-22-41(23-21-40)31-7-2-1-6-30(31)38/h1-4,6-17,24H,5,18-23,25H2,(H,39,43). The molecule has 0 atom stereocenters. The van der Waals surface area contributed by atoms with Gasteiger partial charge in [-0.05, 0) is 78.7 Å². The number of rotatable bonds is 9. The van der Waals surface area contributed by atoms with Crippen LogP contribution >= 0.6 is 11.6 Å². The first-order chi connectivity index (χ1) is 21.9. The summed E-state index contributed by atoms with van der Waals surface area (Å²) in [7, 11) is 0. The smallest absolute Gasteiger partial charge is 0.294 e. The number of carbonyl (C=O) groups is 2. The zero-order valence-corrected chi connectivity index (χ0v) is 25.6. The Hall–Kier alpha value is -4.66. The highest BCUT2D eigenvalue weighted by atomic mass is 35.5. The van der Waals surface area contributed by atoms with Crippen molar-refractivity contribution in [2.24, 2.45) is 0 Å². The molecule has 2 amide bonds. The predicted molar refractivity (Wildman–Crippen MR) is 176 cm³/mol. The first-order valence-corrected chi connectivity index (χ1v) is 15.5. The number of carbonyl (C=O) groups excluding carboxylic acids is 2. The second-order valence-corrected chi connectivity index (χ2v) is 11.5. The highest BCUT2D eigenvalue weighted by molar-refractivity contribution is 6.30. The number of nitrogens with one attached hydrogen (secondary N) is 1. The van der Waals surface area contributed by atoms with Crippen LogP contribution in [0.15, 0.2) is 103 Å². The molecule has 2 aliphatic heterocycles. The number of benzene rings is 4. The van der Waals surface area contributed by atoms with Gasteiger partial charge >= 0.3 is 0 Å². The quantitative estimate of drug-likeness (QED) is 0.173. The molecule has 0 unspecified atom stereocenters. The summed E-state index contributed by atoms with van der Waals surface area (Å²) in [5, 5.41) is 3.63. The third kappa shape index (κ3) is 7.36. The van der Waals surface area contributed by atoms with Gasteiger partial charge in [-0.2, -0.15) is 0 Å². The molecule has 0 aliphatic carbocycles. The molecule has 0 saturated carbocycles. The summed E-state index contributed by atoms with van der Waals surface area (Å²) in [4.78, 5) is 32.4. The molecule has 0 aromatic heterocycles. The van der Waals surface area contributed by atoms with Crippen molar-refractivity contribution in [1.82, 2.24) is 10.2 Å². The highest BCUT2D eigenvalue weighted by Gasteiger charge is 2.30. The van der Waals surface area contributed by atoms with Crippen LogP contribution in [0.1, 0.15) is 27.9 Å². The van der Waals surface area contributed by atoms with Crippen molar-refractivity contribution in [1.29, 1.82) is 0 Å². The maximum absolute atomic E-state index is 14.1. The van der Waals surface area contributed by atoms with E-state index in [0.717, 1.165) is 50.3 Å². The molecule has 2 heterocycles. The van der Waals surface area contributed by atoms with Crippen molar-refractivity contribution in [3.63, 3.8) is 0 Å². The lowest BCUT2D eigenvalue weighted by Gasteiger charge is -2.36. The Morgan fingerprint density at radius 2 is 1.56 bits per heavy atom. The molecule has 2 aliphatic rings. The fourth-order valence-electron chi connectivity index (χ4n) is 5.60. The van der Waals surface area contributed by atoms with Crippen molar-refractivity contribution < 1.29 is 18.7 Å². The molecule has 9 heteroatoms. The molecule has 0 bridgehead atoms. The van der Waals surface area contributed by atoms with E-state index in [1.54, 1.807) is 53.4 Å². The van der Waals surface area contributed by atoms with Gasteiger partial charge in [-0.1, -0.05) is 60.1 Å². The van der Waals surface area contributed by atoms with Gasteiger partial charge in [0.15, 0.2) is 11.5 Å². The Labute approximate surface area is 267 Å². The van der Waals surface area contributed by atoms with E-state index in [1.165, 1.54) is 6.07 Å². The molecule has 1 saturated heterocycles. The van der Waals surface area contributed by atoms with Gasteiger partial charge in [-0.25, -0.2) is 4.39 Å². The van der Waals surface area contributed by atoms with Gasteiger partial charge < -0.3 is 15.0 Å². The molecule has 45 heavy (non-hydrogen) atoms. The summed E-state index contributed by atoms with van der Waals surface area (Å²) in [6, 6.07) is 28.8. The highest BCUT2D eigenvalue weighted by Crippen LogP contribution is 2.36. The third-order valence-corrected chi connectivity index (χ3v) is 8.31. The van der Waals surface area contributed by atoms with Crippen molar-refractivity contribution in [2.75, 3.05) is 49.1 Å². The van der Waals surface area contributed by atoms with E-state index >= 15 is 0 Å². The minimum atomic E-state index is -0.251. The molecular weight excluding hydrogens is 591 g/mol. The SMILES string of the molecule is O=C(NCCCN1CCN(c2ccccc2F)CC1)c1ccc(C=C2Oc3ccccc3N(Cc3ccc(Cl)cc3)C2=O)cc1. The maximum Gasteiger partial charge on any atom is 0.294 e. The van der Waals surface area contributed by atoms with Crippen molar-refractivity contribution >= 4 is 40.9 Å². The monoisotopic (exact) mass is 624 g/mol. The molecule has 0 radical (unpaired) electrons. The molecular formula is C36H34ClFN4O3. The summed E-state index contributed by atoms with van der Waals surface area (Å²) in [6.45, 7) is 5.06. The van der Waals surface area contributed by atoms with Crippen LogP contribution in [0.4, 0.5) is 15.8 Å². The number of para-hydroxylation sites is 3. The number of halogens is 2. The predicted octanol–water partition coefficient (Wildman–Crippen LogP) is 6.39. The molecule has 4 aromatic carbocycles. The number of anilines is 2. The number of nitrogens with zero attached hydrogens (tertiary/aromatic N) is 3. The van der Waals surface area contributed by atoms with E-state index in [2.05, 4.69) is 15.1 Å². The molecule has 7 nitrogen and oxygen atoms in total. The number of amides is 2. The van der Waals surface area contributed by atoms with E-state index in [1.807, 2.05) is 48.5 Å². The molecule has 1 N–H and O–H groups in total. The van der Waals surface area contributed by atoms with Crippen LogP contribution in [0.25, 0.3) is 6.08 Å². The van der Waals surface area contributed by atoms with Crippen molar-refractivity contribution in [3.05, 3.63) is 130 Å². The Bertz CT molecular complexity index is 1690. The number of fused-ring (bicyclic) bond motifs is 1. The lowest BCUT2D eigenvalue weighted by atomic mass is 10.1. The number of hydrogen-bond acceptors (Lipinski definition) is 5. The van der Waals surface area contributed by atoms with Gasteiger partial charge in [-0.15, -0.1) is 0 Å². The second-order valence-electron chi connectivity index (χ2n) is 11.1. The van der Waals surface area contributed by atoms with Gasteiger partial charge in [-0.3, -0.25) is 19.4 Å². The Balaban J connectivity index is 1.01. The lowest BCUT2D eigenvalue weighted by Crippen LogP contribution is -2.47. The normalized spacial score (nSPS) is 16.0. The van der Waals surface area contributed by atoms with Crippen molar-refractivity contribution in [3.8, 4) is 5.75 Å². The minimum absolute atomic E-state index is 0.147. The summed E-state index contributed by atoms with van der Waals surface area (Å²) >= 11 is 6.05. The molecule has 0 spiro atoms. The van der Waals surface area contributed by atoms with Gasteiger partial charge in [0.1, 0.15) is 5.82 Å². The summed E-state index contributed by atoms with van der Waals surface area (Å²) < 4.78 is 20.1. The van der Waals surface area contributed by atoms with Gasteiger partial charge in [0.05, 0.1) is 17.9 Å². The topological polar surface area (TPSA) is 65.1 Å². The van der Waals surface area contributed by atoms with Crippen LogP contribution < -0.4 is 19.9 Å². The van der Waals surface area contributed by atoms with Crippen LogP contribution in [-0.4, -0.2) is 56.0 Å². The van der Waals surface area contributed by atoms with E-state index in [-0.39, 0.29) is 23.4 Å². The fourth-order valence-corrected chi connectivity index (χ4v) is 5.73. The average molecular weight is 625 g/mol. The molecule has 4 aromatic rings. The number of ether oxygens (including phenoxy) is 1. The fraction of sp³-hybridized carbons (Fsp3) is 0.222. The van der Waals surface area contributed by atoms with E-state index in [0.29, 0.717) is 40.8 Å². The third-order valence-electron chi connectivity index (χ3n) is 8.06. The molecule has 1 fully saturated rings. The summed E-state index contributed by atoms with van der Waals surface area (Å²) in [6.07, 6.45) is 2.52. The van der Waals surface area contributed by atoms with Crippen LogP contribution in [0.2, 0.25) is 5.02 Å². The zero-order valence-electron chi connectivity index (χ0n) is 24.8. The average Bonchev–Trinajstić information content (AvgIpc) is 3.07.